The number of hydrogen-bond donors (Lipinski definition) is 1. The number of thiazole rings is 1. The second-order valence-electron chi connectivity index (χ2n) is 8.58. The fourth-order valence-electron chi connectivity index (χ4n) is 4.60. The van der Waals surface area contributed by atoms with E-state index in [1.165, 1.54) is 28.7 Å². The molecular formula is C22H26ClFN4O4S2. The van der Waals surface area contributed by atoms with E-state index in [4.69, 9.17) is 11.6 Å². The van der Waals surface area contributed by atoms with Crippen LogP contribution in [0.3, 0.4) is 0 Å². The van der Waals surface area contributed by atoms with Gasteiger partial charge in [-0.3, -0.25) is 9.59 Å². The van der Waals surface area contributed by atoms with E-state index in [0.717, 1.165) is 42.1 Å². The molecule has 0 radical (unpaired) electrons. The number of piperazine rings is 1. The summed E-state index contributed by atoms with van der Waals surface area (Å²) in [6, 6.07) is 2.55. The molecule has 0 unspecified atom stereocenters. The lowest BCUT2D eigenvalue weighted by Gasteiger charge is -2.39. The first-order valence-corrected chi connectivity index (χ1v) is 13.9. The maximum Gasteiger partial charge on any atom is 0.248 e. The van der Waals surface area contributed by atoms with Gasteiger partial charge in [0.1, 0.15) is 16.8 Å². The van der Waals surface area contributed by atoms with Crippen molar-refractivity contribution < 1.29 is 22.4 Å². The van der Waals surface area contributed by atoms with E-state index >= 15 is 0 Å². The summed E-state index contributed by atoms with van der Waals surface area (Å²) in [6.07, 6.45) is 7.45. The molecule has 1 N–H and O–H groups in total. The van der Waals surface area contributed by atoms with Crippen LogP contribution in [0.5, 0.6) is 0 Å². The summed E-state index contributed by atoms with van der Waals surface area (Å²) < 4.78 is 41.2. The van der Waals surface area contributed by atoms with Gasteiger partial charge in [0.15, 0.2) is 5.13 Å². The van der Waals surface area contributed by atoms with Gasteiger partial charge in [0.25, 0.3) is 0 Å². The van der Waals surface area contributed by atoms with Crippen molar-refractivity contribution in [2.24, 2.45) is 5.92 Å². The van der Waals surface area contributed by atoms with Crippen molar-refractivity contribution in [1.82, 2.24) is 14.2 Å². The smallest absolute Gasteiger partial charge is 0.248 e. The number of carbonyl (C=O) groups is 2. The van der Waals surface area contributed by atoms with Gasteiger partial charge in [0, 0.05) is 29.7 Å². The average molecular weight is 529 g/mol. The molecule has 1 saturated carbocycles. The molecule has 8 nitrogen and oxygen atoms in total. The van der Waals surface area contributed by atoms with Crippen molar-refractivity contribution in [3.63, 3.8) is 0 Å². The third-order valence-corrected chi connectivity index (χ3v) is 9.14. The lowest BCUT2D eigenvalue weighted by Crippen LogP contribution is -2.58. The molecule has 34 heavy (non-hydrogen) atoms. The zero-order valence-corrected chi connectivity index (χ0v) is 20.8. The minimum absolute atomic E-state index is 0.0307. The highest BCUT2D eigenvalue weighted by Gasteiger charge is 2.40. The lowest BCUT2D eigenvalue weighted by molar-refractivity contribution is -0.142. The van der Waals surface area contributed by atoms with Crippen LogP contribution < -0.4 is 5.32 Å². The van der Waals surface area contributed by atoms with E-state index in [2.05, 4.69) is 10.3 Å². The van der Waals surface area contributed by atoms with Crippen LogP contribution in [0.4, 0.5) is 9.52 Å². The van der Waals surface area contributed by atoms with Gasteiger partial charge in [-0.15, -0.1) is 11.3 Å². The van der Waals surface area contributed by atoms with Gasteiger partial charge >= 0.3 is 0 Å². The zero-order valence-electron chi connectivity index (χ0n) is 18.5. The highest BCUT2D eigenvalue weighted by Crippen LogP contribution is 2.31. The first kappa shape index (κ1) is 25.0. The van der Waals surface area contributed by atoms with E-state index in [9.17, 15) is 22.4 Å². The fourth-order valence-corrected chi connectivity index (χ4v) is 6.84. The largest absolute Gasteiger partial charge is 0.328 e. The monoisotopic (exact) mass is 528 g/mol. The van der Waals surface area contributed by atoms with Crippen LogP contribution in [0.15, 0.2) is 34.7 Å². The first-order valence-electron chi connectivity index (χ1n) is 11.2. The molecule has 2 amide bonds. The molecule has 184 valence electrons. The van der Waals surface area contributed by atoms with Crippen LogP contribution in [0.25, 0.3) is 0 Å². The van der Waals surface area contributed by atoms with Gasteiger partial charge in [-0.1, -0.05) is 43.7 Å². The Morgan fingerprint density at radius 1 is 1.26 bits per heavy atom. The quantitative estimate of drug-likeness (QED) is 0.590. The number of amides is 2. The van der Waals surface area contributed by atoms with Crippen LogP contribution in [0.2, 0.25) is 5.02 Å². The van der Waals surface area contributed by atoms with Gasteiger partial charge in [-0.25, -0.2) is 17.8 Å². The van der Waals surface area contributed by atoms with E-state index in [1.54, 1.807) is 11.6 Å². The number of anilines is 1. The Hall–Kier alpha value is -2.08. The predicted octanol–water partition coefficient (Wildman–Crippen LogP) is 3.75. The summed E-state index contributed by atoms with van der Waals surface area (Å²) in [5.41, 5.74) is 0. The molecule has 2 aromatic rings. The van der Waals surface area contributed by atoms with Crippen molar-refractivity contribution in [3.05, 3.63) is 40.6 Å². The average Bonchev–Trinajstić information content (AvgIpc) is 3.33. The van der Waals surface area contributed by atoms with Crippen LogP contribution in [0, 0.1) is 11.7 Å². The van der Waals surface area contributed by atoms with Gasteiger partial charge in [0.2, 0.25) is 21.8 Å². The summed E-state index contributed by atoms with van der Waals surface area (Å²) in [6.45, 7) is -0.491. The van der Waals surface area contributed by atoms with Crippen molar-refractivity contribution in [1.29, 1.82) is 0 Å². The molecule has 2 aliphatic rings. The number of hydrogen-bond acceptors (Lipinski definition) is 6. The molecule has 1 aliphatic heterocycles. The molecule has 2 heterocycles. The molecule has 0 spiro atoms. The third-order valence-electron chi connectivity index (χ3n) is 6.36. The van der Waals surface area contributed by atoms with Crippen molar-refractivity contribution in [2.45, 2.75) is 49.5 Å². The van der Waals surface area contributed by atoms with Crippen LogP contribution in [-0.2, 0) is 19.6 Å². The molecule has 12 heteroatoms. The topological polar surface area (TPSA) is 99.7 Å². The van der Waals surface area contributed by atoms with Crippen molar-refractivity contribution in [2.75, 3.05) is 25.0 Å². The van der Waals surface area contributed by atoms with Gasteiger partial charge < -0.3 is 10.2 Å². The molecular weight excluding hydrogens is 503 g/mol. The Morgan fingerprint density at radius 3 is 2.71 bits per heavy atom. The van der Waals surface area contributed by atoms with Crippen LogP contribution in [0.1, 0.15) is 38.5 Å². The number of nitrogens with zero attached hydrogens (tertiary/aromatic N) is 3. The Kier molecular flexibility index (Phi) is 7.86. The van der Waals surface area contributed by atoms with Gasteiger partial charge in [-0.05, 0) is 30.5 Å². The number of aromatic nitrogens is 1. The molecule has 0 bridgehead atoms. The SMILES string of the molecule is O=C(Nc1nccs1)[C@H](CC1CCCCC1)N1CCN(S(=O)(=O)c2cc(Cl)ccc2F)CC1=O. The van der Waals surface area contributed by atoms with Crippen LogP contribution in [-0.4, -0.2) is 60.1 Å². The number of nitrogens with one attached hydrogen (secondary N) is 1. The molecule has 1 aromatic heterocycles. The Labute approximate surface area is 207 Å². The number of benzene rings is 1. The number of carbonyl (C=O) groups excluding carboxylic acids is 2. The molecule has 1 saturated heterocycles. The number of rotatable bonds is 7. The van der Waals surface area contributed by atoms with E-state index in [0.29, 0.717) is 17.5 Å². The van der Waals surface area contributed by atoms with Gasteiger partial charge in [0.05, 0.1) is 6.54 Å². The summed E-state index contributed by atoms with van der Waals surface area (Å²) >= 11 is 7.15. The van der Waals surface area contributed by atoms with Crippen LogP contribution >= 0.6 is 22.9 Å². The maximum absolute atomic E-state index is 14.3. The standard InChI is InChI=1S/C22H26ClFN4O4S2/c23-16-6-7-17(24)19(13-16)34(31,32)27-9-10-28(20(29)14-27)18(12-15-4-2-1-3-5-15)21(30)26-22-25-8-11-33-22/h6-8,11,13,15,18H,1-5,9-10,12,14H2,(H,25,26,30)/t18-/m0/s1. The number of sulfonamides is 1. The summed E-state index contributed by atoms with van der Waals surface area (Å²) in [4.78, 5) is 31.3. The van der Waals surface area contributed by atoms with E-state index < -0.39 is 39.2 Å². The van der Waals surface area contributed by atoms with Crippen molar-refractivity contribution >= 4 is 49.9 Å². The Morgan fingerprint density at radius 2 is 2.03 bits per heavy atom. The highest BCUT2D eigenvalue weighted by molar-refractivity contribution is 7.89. The molecule has 2 fully saturated rings. The summed E-state index contributed by atoms with van der Waals surface area (Å²) in [5, 5.41) is 5.06. The normalized spacial score (nSPS) is 19.2. The second-order valence-corrected chi connectivity index (χ2v) is 11.8. The zero-order chi connectivity index (χ0) is 24.3. The molecule has 4 rings (SSSR count). The Bertz CT molecular complexity index is 1140. The second kappa shape index (κ2) is 10.7. The highest BCUT2D eigenvalue weighted by atomic mass is 35.5. The number of halogens is 2. The van der Waals surface area contributed by atoms with Crippen molar-refractivity contribution in [3.8, 4) is 0 Å². The molecule has 1 atom stereocenters. The predicted molar refractivity (Wildman–Crippen MR) is 128 cm³/mol. The van der Waals surface area contributed by atoms with E-state index in [1.807, 2.05) is 0 Å². The molecule has 1 aromatic carbocycles. The third kappa shape index (κ3) is 5.59. The maximum atomic E-state index is 14.3. The summed E-state index contributed by atoms with van der Waals surface area (Å²) in [5.74, 6) is -1.44. The fraction of sp³-hybridized carbons (Fsp3) is 0.500. The minimum atomic E-state index is -4.27. The van der Waals surface area contributed by atoms with E-state index in [-0.39, 0.29) is 24.0 Å². The molecule has 1 aliphatic carbocycles. The Balaban J connectivity index is 1.52. The summed E-state index contributed by atoms with van der Waals surface area (Å²) in [7, 11) is -4.27. The first-order chi connectivity index (χ1) is 16.3. The minimum Gasteiger partial charge on any atom is -0.328 e. The van der Waals surface area contributed by atoms with Gasteiger partial charge in [-0.2, -0.15) is 4.31 Å². The lowest BCUT2D eigenvalue weighted by atomic mass is 9.84.